The standard InChI is InChI=1S/C15H20N2O/c1-3-15(2,11-18)17-10-12-8-9-16-14-7-5-4-6-13(12)14/h4-9,17-18H,3,10-11H2,1-2H3. The van der Waals surface area contributed by atoms with Crippen molar-refractivity contribution in [1.29, 1.82) is 0 Å². The lowest BCUT2D eigenvalue weighted by Crippen LogP contribution is -2.44. The van der Waals surface area contributed by atoms with E-state index in [1.54, 1.807) is 0 Å². The first-order chi connectivity index (χ1) is 8.68. The molecule has 0 spiro atoms. The number of aliphatic hydroxyl groups is 1. The molecule has 1 atom stereocenters. The SMILES string of the molecule is CCC(C)(CO)NCc1ccnc2ccccc12. The predicted octanol–water partition coefficient (Wildman–Crippen LogP) is 2.49. The van der Waals surface area contributed by atoms with Gasteiger partial charge in [0.2, 0.25) is 0 Å². The van der Waals surface area contributed by atoms with Crippen LogP contribution in [0, 0.1) is 0 Å². The lowest BCUT2D eigenvalue weighted by Gasteiger charge is -2.27. The smallest absolute Gasteiger partial charge is 0.0705 e. The molecule has 2 N–H and O–H groups in total. The van der Waals surface area contributed by atoms with E-state index >= 15 is 0 Å². The number of aromatic nitrogens is 1. The van der Waals surface area contributed by atoms with Gasteiger partial charge in [-0.05, 0) is 31.0 Å². The molecule has 2 aromatic rings. The molecule has 1 unspecified atom stereocenters. The Balaban J connectivity index is 2.22. The van der Waals surface area contributed by atoms with Crippen molar-refractivity contribution >= 4 is 10.9 Å². The highest BCUT2D eigenvalue weighted by atomic mass is 16.3. The van der Waals surface area contributed by atoms with Gasteiger partial charge in [0.25, 0.3) is 0 Å². The first-order valence-corrected chi connectivity index (χ1v) is 6.37. The van der Waals surface area contributed by atoms with Gasteiger partial charge in [-0.1, -0.05) is 25.1 Å². The van der Waals surface area contributed by atoms with Crippen LogP contribution in [0.4, 0.5) is 0 Å². The van der Waals surface area contributed by atoms with Crippen molar-refractivity contribution in [1.82, 2.24) is 10.3 Å². The molecule has 0 aliphatic heterocycles. The first-order valence-electron chi connectivity index (χ1n) is 6.37. The van der Waals surface area contributed by atoms with Crippen LogP contribution in [0.3, 0.4) is 0 Å². The summed E-state index contributed by atoms with van der Waals surface area (Å²) in [4.78, 5) is 4.35. The van der Waals surface area contributed by atoms with Crippen molar-refractivity contribution in [3.05, 3.63) is 42.1 Å². The number of rotatable bonds is 5. The number of pyridine rings is 1. The first kappa shape index (κ1) is 13.0. The summed E-state index contributed by atoms with van der Waals surface area (Å²) in [6, 6.07) is 10.2. The minimum Gasteiger partial charge on any atom is -0.394 e. The van der Waals surface area contributed by atoms with Gasteiger partial charge >= 0.3 is 0 Å². The van der Waals surface area contributed by atoms with Crippen molar-refractivity contribution < 1.29 is 5.11 Å². The molecule has 0 aliphatic carbocycles. The Bertz CT molecular complexity index is 515. The predicted molar refractivity (Wildman–Crippen MR) is 74.4 cm³/mol. The summed E-state index contributed by atoms with van der Waals surface area (Å²) in [6.45, 7) is 5.00. The van der Waals surface area contributed by atoms with E-state index in [1.807, 2.05) is 37.4 Å². The summed E-state index contributed by atoms with van der Waals surface area (Å²) >= 11 is 0. The second-order valence-corrected chi connectivity index (χ2v) is 4.91. The van der Waals surface area contributed by atoms with Gasteiger partial charge in [-0.2, -0.15) is 0 Å². The van der Waals surface area contributed by atoms with Gasteiger partial charge in [0.15, 0.2) is 0 Å². The third-order valence-corrected chi connectivity index (χ3v) is 3.57. The van der Waals surface area contributed by atoms with Crippen LogP contribution in [0.25, 0.3) is 10.9 Å². The molecule has 1 aromatic heterocycles. The van der Waals surface area contributed by atoms with Crippen LogP contribution >= 0.6 is 0 Å². The quantitative estimate of drug-likeness (QED) is 0.849. The van der Waals surface area contributed by atoms with E-state index in [-0.39, 0.29) is 12.1 Å². The zero-order chi connectivity index (χ0) is 13.0. The third kappa shape index (κ3) is 2.68. The van der Waals surface area contributed by atoms with Crippen molar-refractivity contribution in [2.24, 2.45) is 0 Å². The minimum atomic E-state index is -0.218. The van der Waals surface area contributed by atoms with Crippen LogP contribution in [0.1, 0.15) is 25.8 Å². The van der Waals surface area contributed by atoms with Gasteiger partial charge in [-0.3, -0.25) is 4.98 Å². The maximum atomic E-state index is 9.40. The van der Waals surface area contributed by atoms with Crippen molar-refractivity contribution in [3.8, 4) is 0 Å². The highest BCUT2D eigenvalue weighted by Crippen LogP contribution is 2.17. The molecule has 1 heterocycles. The molecule has 0 aliphatic rings. The lowest BCUT2D eigenvalue weighted by atomic mass is 9.99. The van der Waals surface area contributed by atoms with Crippen molar-refractivity contribution in [3.63, 3.8) is 0 Å². The van der Waals surface area contributed by atoms with Gasteiger partial charge in [0.05, 0.1) is 12.1 Å². The molecule has 0 fully saturated rings. The Morgan fingerprint density at radius 1 is 1.28 bits per heavy atom. The Kier molecular flexibility index (Phi) is 3.94. The fourth-order valence-electron chi connectivity index (χ4n) is 1.91. The lowest BCUT2D eigenvalue weighted by molar-refractivity contribution is 0.169. The summed E-state index contributed by atoms with van der Waals surface area (Å²) in [6.07, 6.45) is 2.73. The molecule has 1 aromatic carbocycles. The molecule has 18 heavy (non-hydrogen) atoms. The molecule has 96 valence electrons. The molecule has 2 rings (SSSR count). The third-order valence-electron chi connectivity index (χ3n) is 3.57. The van der Waals surface area contributed by atoms with Gasteiger partial charge in [-0.25, -0.2) is 0 Å². The highest BCUT2D eigenvalue weighted by molar-refractivity contribution is 5.81. The van der Waals surface area contributed by atoms with Gasteiger partial charge in [0, 0.05) is 23.7 Å². The summed E-state index contributed by atoms with van der Waals surface area (Å²) in [5, 5.41) is 14.0. The topological polar surface area (TPSA) is 45.1 Å². The van der Waals surface area contributed by atoms with E-state index in [4.69, 9.17) is 0 Å². The average molecular weight is 244 g/mol. The molecule has 3 nitrogen and oxygen atoms in total. The molecule has 0 saturated carbocycles. The zero-order valence-corrected chi connectivity index (χ0v) is 11.0. The average Bonchev–Trinajstić information content (AvgIpc) is 2.44. The monoisotopic (exact) mass is 244 g/mol. The molecule has 0 radical (unpaired) electrons. The fourth-order valence-corrected chi connectivity index (χ4v) is 1.91. The maximum Gasteiger partial charge on any atom is 0.0705 e. The number of benzene rings is 1. The maximum absolute atomic E-state index is 9.40. The van der Waals surface area contributed by atoms with Gasteiger partial charge < -0.3 is 10.4 Å². The van der Waals surface area contributed by atoms with E-state index < -0.39 is 0 Å². The summed E-state index contributed by atoms with van der Waals surface area (Å²) in [7, 11) is 0. The van der Waals surface area contributed by atoms with E-state index in [0.29, 0.717) is 0 Å². The number of hydrogen-bond donors (Lipinski definition) is 2. The molecule has 0 saturated heterocycles. The van der Waals surface area contributed by atoms with Crippen LogP contribution < -0.4 is 5.32 Å². The largest absolute Gasteiger partial charge is 0.394 e. The Morgan fingerprint density at radius 3 is 2.78 bits per heavy atom. The molecular weight excluding hydrogens is 224 g/mol. The fraction of sp³-hybridized carbons (Fsp3) is 0.400. The second-order valence-electron chi connectivity index (χ2n) is 4.91. The Hall–Kier alpha value is -1.45. The summed E-state index contributed by atoms with van der Waals surface area (Å²) < 4.78 is 0. The van der Waals surface area contributed by atoms with E-state index in [1.165, 1.54) is 10.9 Å². The normalized spacial score (nSPS) is 14.6. The second kappa shape index (κ2) is 5.46. The van der Waals surface area contributed by atoms with Crippen LogP contribution in [0.2, 0.25) is 0 Å². The van der Waals surface area contributed by atoms with Gasteiger partial charge in [-0.15, -0.1) is 0 Å². The van der Waals surface area contributed by atoms with Crippen LogP contribution in [-0.4, -0.2) is 22.2 Å². The number of para-hydroxylation sites is 1. The molecule has 0 bridgehead atoms. The number of fused-ring (bicyclic) bond motifs is 1. The number of aliphatic hydroxyl groups excluding tert-OH is 1. The van der Waals surface area contributed by atoms with Crippen molar-refractivity contribution in [2.45, 2.75) is 32.4 Å². The summed E-state index contributed by atoms with van der Waals surface area (Å²) in [5.41, 5.74) is 2.01. The van der Waals surface area contributed by atoms with E-state index in [9.17, 15) is 5.11 Å². The minimum absolute atomic E-state index is 0.145. The molecule has 3 heteroatoms. The highest BCUT2D eigenvalue weighted by Gasteiger charge is 2.19. The zero-order valence-electron chi connectivity index (χ0n) is 11.0. The molecular formula is C15H20N2O. The van der Waals surface area contributed by atoms with E-state index in [2.05, 4.69) is 23.3 Å². The van der Waals surface area contributed by atoms with Crippen LogP contribution in [-0.2, 0) is 6.54 Å². The summed E-state index contributed by atoms with van der Waals surface area (Å²) in [5.74, 6) is 0. The Morgan fingerprint density at radius 2 is 2.06 bits per heavy atom. The van der Waals surface area contributed by atoms with E-state index in [0.717, 1.165) is 18.5 Å². The number of nitrogens with zero attached hydrogens (tertiary/aromatic N) is 1. The van der Waals surface area contributed by atoms with Crippen LogP contribution in [0.15, 0.2) is 36.5 Å². The molecule has 0 amide bonds. The number of nitrogens with one attached hydrogen (secondary N) is 1. The Labute approximate surface area is 108 Å². The number of hydrogen-bond acceptors (Lipinski definition) is 3. The van der Waals surface area contributed by atoms with Crippen LogP contribution in [0.5, 0.6) is 0 Å². The van der Waals surface area contributed by atoms with Crippen molar-refractivity contribution in [2.75, 3.05) is 6.61 Å². The van der Waals surface area contributed by atoms with Gasteiger partial charge in [0.1, 0.15) is 0 Å².